The maximum absolute atomic E-state index is 9.55. The third kappa shape index (κ3) is 1.91. The fourth-order valence-corrected chi connectivity index (χ4v) is 8.44. The van der Waals surface area contributed by atoms with Crippen molar-refractivity contribution >= 4 is 32.1 Å². The molecule has 0 aliphatic heterocycles. The van der Waals surface area contributed by atoms with Crippen molar-refractivity contribution in [3.63, 3.8) is 0 Å². The Balaban J connectivity index is 2.75. The van der Waals surface area contributed by atoms with E-state index in [0.29, 0.717) is 0 Å². The van der Waals surface area contributed by atoms with Crippen LogP contribution < -0.4 is 5.19 Å². The zero-order valence-electron chi connectivity index (χ0n) is 6.04. The molecule has 1 nitrogen and oxygen atoms in total. The fraction of sp³-hybridized carbons (Fsp3) is 0. The van der Waals surface area contributed by atoms with Gasteiger partial charge in [0.05, 0.1) is 0 Å². The van der Waals surface area contributed by atoms with Crippen LogP contribution in [0.15, 0.2) is 24.3 Å². The third-order valence-electron chi connectivity index (χ3n) is 1.52. The Morgan fingerprint density at radius 1 is 1.50 bits per heavy atom. The van der Waals surface area contributed by atoms with Crippen molar-refractivity contribution in [1.29, 1.82) is 0 Å². The highest BCUT2D eigenvalue weighted by Crippen LogP contribution is 1.82. The Kier molecular flexibility index (Phi) is 3.07. The van der Waals surface area contributed by atoms with Crippen molar-refractivity contribution in [3.05, 3.63) is 30.3 Å². The van der Waals surface area contributed by atoms with Crippen LogP contribution in [-0.4, -0.2) is 31.7 Å². The molecule has 0 aliphatic rings. The van der Waals surface area contributed by atoms with Crippen molar-refractivity contribution < 1.29 is 4.80 Å². The largest absolute Gasteiger partial charge is 0.434 e. The van der Waals surface area contributed by atoms with E-state index in [-0.39, 0.29) is 8.55 Å². The van der Waals surface area contributed by atoms with Gasteiger partial charge in [-0.15, -0.1) is 0 Å². The molecule has 10 heavy (non-hydrogen) atoms. The molecule has 1 unspecified atom stereocenters. The summed E-state index contributed by atoms with van der Waals surface area (Å²) in [7, 11) is -0.151. The fourth-order valence-electron chi connectivity index (χ4n) is 0.858. The zero-order chi connectivity index (χ0) is 7.40. The first-order valence-corrected chi connectivity index (χ1v) is 13.5. The van der Waals surface area contributed by atoms with Crippen molar-refractivity contribution in [3.8, 4) is 0 Å². The highest BCUT2D eigenvalue weighted by Gasteiger charge is 2.04. The molecular formula is C6H11OSi3. The van der Waals surface area contributed by atoms with E-state index in [2.05, 4.69) is 6.07 Å². The Morgan fingerprint density at radius 2 is 2.10 bits per heavy atom. The van der Waals surface area contributed by atoms with Crippen molar-refractivity contribution in [2.45, 2.75) is 0 Å². The van der Waals surface area contributed by atoms with Crippen LogP contribution in [0.2, 0.25) is 0 Å². The molecule has 1 atom stereocenters. The summed E-state index contributed by atoms with van der Waals surface area (Å²) in [6.07, 6.45) is 0. The Hall–Kier alpha value is -0.169. The molecule has 0 aromatic heterocycles. The van der Waals surface area contributed by atoms with Gasteiger partial charge in [-0.1, -0.05) is 24.3 Å². The van der Waals surface area contributed by atoms with Gasteiger partial charge in [0.1, 0.15) is 0 Å². The number of benzene rings is 1. The first-order chi connectivity index (χ1) is 4.84. The van der Waals surface area contributed by atoms with E-state index in [1.165, 1.54) is 14.9 Å². The Morgan fingerprint density at radius 3 is 2.60 bits per heavy atom. The second kappa shape index (κ2) is 3.87. The first-order valence-electron chi connectivity index (χ1n) is 3.48. The van der Waals surface area contributed by atoms with Gasteiger partial charge in [0, 0.05) is 8.55 Å². The number of hydrogen-bond donors (Lipinski definition) is 1. The molecular weight excluding hydrogens is 172 g/mol. The van der Waals surface area contributed by atoms with Crippen LogP contribution in [0, 0.1) is 6.07 Å². The first kappa shape index (κ1) is 7.93. The molecule has 1 rings (SSSR count). The van der Waals surface area contributed by atoms with Crippen molar-refractivity contribution in [1.82, 2.24) is 0 Å². The molecule has 0 saturated carbocycles. The van der Waals surface area contributed by atoms with E-state index in [9.17, 15) is 4.80 Å². The minimum Gasteiger partial charge on any atom is -0.434 e. The van der Waals surface area contributed by atoms with Crippen LogP contribution in [0.4, 0.5) is 0 Å². The van der Waals surface area contributed by atoms with Gasteiger partial charge in [0.25, 0.3) is 0 Å². The Bertz CT molecular complexity index is 189. The molecule has 0 amide bonds. The van der Waals surface area contributed by atoms with Crippen molar-refractivity contribution in [2.75, 3.05) is 0 Å². The summed E-state index contributed by atoms with van der Waals surface area (Å²) in [5, 5.41) is 1.21. The van der Waals surface area contributed by atoms with E-state index in [4.69, 9.17) is 0 Å². The predicted molar refractivity (Wildman–Crippen MR) is 52.8 cm³/mol. The molecule has 0 spiro atoms. The Labute approximate surface area is 67.6 Å². The standard InChI is InChI=1S/C6H11OSi3/c7-10(9-8)6-4-2-1-3-5-6/h2-5,7,10H,9H2,8H3. The van der Waals surface area contributed by atoms with Crippen molar-refractivity contribution in [2.24, 2.45) is 0 Å². The molecule has 1 radical (unpaired) electrons. The topological polar surface area (TPSA) is 20.2 Å². The lowest BCUT2D eigenvalue weighted by atomic mass is 10.4. The normalized spacial score (nSPS) is 14.5. The molecule has 0 aliphatic carbocycles. The lowest BCUT2D eigenvalue weighted by molar-refractivity contribution is 0.607. The van der Waals surface area contributed by atoms with Crippen LogP contribution in [-0.2, 0) is 0 Å². The second-order valence-corrected chi connectivity index (χ2v) is 16.9. The molecule has 1 N–H and O–H groups in total. The average molecular weight is 183 g/mol. The van der Waals surface area contributed by atoms with Gasteiger partial charge in [-0.2, -0.15) is 0 Å². The lowest BCUT2D eigenvalue weighted by Crippen LogP contribution is -2.36. The lowest BCUT2D eigenvalue weighted by Gasteiger charge is -2.02. The summed E-state index contributed by atoms with van der Waals surface area (Å²) in [4.78, 5) is 9.55. The van der Waals surface area contributed by atoms with Gasteiger partial charge >= 0.3 is 0 Å². The smallest absolute Gasteiger partial charge is 0.180 e. The minimum absolute atomic E-state index is 0.0405. The van der Waals surface area contributed by atoms with E-state index in [1.54, 1.807) is 0 Å². The van der Waals surface area contributed by atoms with Crippen LogP contribution in [0.3, 0.4) is 0 Å². The predicted octanol–water partition coefficient (Wildman–Crippen LogP) is -2.64. The third-order valence-corrected chi connectivity index (χ3v) is 14.1. The van der Waals surface area contributed by atoms with Crippen LogP contribution in [0.1, 0.15) is 0 Å². The molecule has 1 aromatic rings. The summed E-state index contributed by atoms with van der Waals surface area (Å²) < 4.78 is 0. The molecule has 0 saturated heterocycles. The van der Waals surface area contributed by atoms with Crippen LogP contribution in [0.25, 0.3) is 0 Å². The average Bonchev–Trinajstić information content (AvgIpc) is 2.05. The van der Waals surface area contributed by atoms with Gasteiger partial charge in [-0.3, -0.25) is 0 Å². The SMILES string of the molecule is O[SiH]([SiH2][SiH3])c1cc[c]cc1. The molecule has 1 aromatic carbocycles. The van der Waals surface area contributed by atoms with Gasteiger partial charge in [0.15, 0.2) is 8.56 Å². The quantitative estimate of drug-likeness (QED) is 0.497. The molecule has 53 valence electrons. The highest BCUT2D eigenvalue weighted by atomic mass is 29.5. The molecule has 0 fully saturated rings. The van der Waals surface area contributed by atoms with Gasteiger partial charge in [-0.25, -0.2) is 0 Å². The highest BCUT2D eigenvalue weighted by molar-refractivity contribution is 7.32. The summed E-state index contributed by atoms with van der Waals surface area (Å²) in [5.41, 5.74) is 0. The zero-order valence-corrected chi connectivity index (χ0v) is 10.6. The van der Waals surface area contributed by atoms with E-state index in [0.717, 1.165) is 0 Å². The maximum atomic E-state index is 9.55. The molecule has 0 bridgehead atoms. The molecule has 0 heterocycles. The minimum atomic E-state index is -1.36. The second-order valence-electron chi connectivity index (χ2n) is 2.26. The van der Waals surface area contributed by atoms with Gasteiger partial charge < -0.3 is 4.80 Å². The summed E-state index contributed by atoms with van der Waals surface area (Å²) in [5.74, 6) is 0. The van der Waals surface area contributed by atoms with E-state index in [1.807, 2.05) is 24.3 Å². The van der Waals surface area contributed by atoms with E-state index >= 15 is 0 Å². The number of hydrogen-bond acceptors (Lipinski definition) is 1. The van der Waals surface area contributed by atoms with Crippen LogP contribution >= 0.6 is 0 Å². The summed E-state index contributed by atoms with van der Waals surface area (Å²) >= 11 is 0. The van der Waals surface area contributed by atoms with Gasteiger partial charge in [-0.05, 0) is 21.0 Å². The van der Waals surface area contributed by atoms with E-state index < -0.39 is 8.56 Å². The molecule has 4 heteroatoms. The van der Waals surface area contributed by atoms with Crippen LogP contribution in [0.5, 0.6) is 0 Å². The summed E-state index contributed by atoms with van der Waals surface area (Å²) in [6, 6.07) is 10.7. The maximum Gasteiger partial charge on any atom is 0.180 e. The number of rotatable bonds is 2. The summed E-state index contributed by atoms with van der Waals surface area (Å²) in [6.45, 7) is 0. The monoisotopic (exact) mass is 183 g/mol. The van der Waals surface area contributed by atoms with Gasteiger partial charge in [0.2, 0.25) is 0 Å².